The van der Waals surface area contributed by atoms with Crippen molar-refractivity contribution in [3.05, 3.63) is 103 Å². The molecule has 0 fully saturated rings. The number of non-ortho nitro benzene ring substituents is 1. The first-order chi connectivity index (χ1) is 17.2. The van der Waals surface area contributed by atoms with Gasteiger partial charge < -0.3 is 10.1 Å². The number of halogens is 4. The second-order valence-electron chi connectivity index (χ2n) is 7.26. The van der Waals surface area contributed by atoms with Crippen LogP contribution in [0.2, 0.25) is 15.1 Å². The molecule has 0 atom stereocenters. The Kier molecular flexibility index (Phi) is 7.25. The maximum Gasteiger partial charge on any atom is 0.326 e. The van der Waals surface area contributed by atoms with Gasteiger partial charge >= 0.3 is 6.03 Å². The molecule has 0 radical (unpaired) electrons. The molecule has 0 aromatic heterocycles. The van der Waals surface area contributed by atoms with Crippen LogP contribution in [0.15, 0.2) is 66.7 Å². The van der Waals surface area contributed by atoms with E-state index in [2.05, 4.69) is 5.32 Å². The first-order valence-electron chi connectivity index (χ1n) is 10.0. The standard InChI is InChI=1S/C24H13Cl3FN3O5/c25-15-6-3-7-18(28)21(15)23(32)30-24(33)29-12-10-16(26)22(17(27)11-12)36-20-9-8-19(31(34)35)13-4-1-2-5-14(13)20/h1-11H,(H2,29,30,32,33). The molecule has 36 heavy (non-hydrogen) atoms. The normalized spacial score (nSPS) is 10.7. The highest BCUT2D eigenvalue weighted by Crippen LogP contribution is 2.42. The molecule has 0 bridgehead atoms. The monoisotopic (exact) mass is 547 g/mol. The van der Waals surface area contributed by atoms with Gasteiger partial charge in [0.2, 0.25) is 0 Å². The first-order valence-corrected chi connectivity index (χ1v) is 11.2. The number of nitro groups is 1. The van der Waals surface area contributed by atoms with Gasteiger partial charge in [0.05, 0.1) is 30.9 Å². The summed E-state index contributed by atoms with van der Waals surface area (Å²) in [6.07, 6.45) is 0. The maximum absolute atomic E-state index is 13.9. The lowest BCUT2D eigenvalue weighted by Crippen LogP contribution is -2.35. The summed E-state index contributed by atoms with van der Waals surface area (Å²) in [4.78, 5) is 35.3. The molecule has 3 amide bonds. The molecule has 0 heterocycles. The van der Waals surface area contributed by atoms with Crippen LogP contribution in [0.3, 0.4) is 0 Å². The number of ether oxygens (including phenoxy) is 1. The lowest BCUT2D eigenvalue weighted by Gasteiger charge is -2.14. The van der Waals surface area contributed by atoms with E-state index < -0.39 is 28.2 Å². The molecule has 0 aliphatic rings. The van der Waals surface area contributed by atoms with Gasteiger partial charge in [-0.2, -0.15) is 0 Å². The zero-order chi connectivity index (χ0) is 26.0. The van der Waals surface area contributed by atoms with Crippen molar-refractivity contribution in [1.82, 2.24) is 5.32 Å². The van der Waals surface area contributed by atoms with Crippen LogP contribution in [0.4, 0.5) is 20.6 Å². The number of imide groups is 1. The van der Waals surface area contributed by atoms with Crippen molar-refractivity contribution >= 4 is 68.9 Å². The number of hydrogen-bond acceptors (Lipinski definition) is 5. The molecule has 12 heteroatoms. The van der Waals surface area contributed by atoms with Crippen LogP contribution in [-0.4, -0.2) is 16.9 Å². The van der Waals surface area contributed by atoms with E-state index in [1.807, 2.05) is 5.32 Å². The van der Waals surface area contributed by atoms with Crippen molar-refractivity contribution in [2.75, 3.05) is 5.32 Å². The first kappa shape index (κ1) is 25.2. The van der Waals surface area contributed by atoms with Crippen molar-refractivity contribution in [1.29, 1.82) is 0 Å². The van der Waals surface area contributed by atoms with Gasteiger partial charge in [-0.05, 0) is 36.4 Å². The predicted octanol–water partition coefficient (Wildman–Crippen LogP) is 7.60. The third-order valence-electron chi connectivity index (χ3n) is 4.94. The Balaban J connectivity index is 1.55. The fraction of sp³-hybridized carbons (Fsp3) is 0. The average Bonchev–Trinajstić information content (AvgIpc) is 2.81. The highest BCUT2D eigenvalue weighted by molar-refractivity contribution is 6.38. The van der Waals surface area contributed by atoms with E-state index in [9.17, 15) is 24.1 Å². The minimum absolute atomic E-state index is 0.00343. The van der Waals surface area contributed by atoms with Gasteiger partial charge in [0.1, 0.15) is 11.6 Å². The quantitative estimate of drug-likeness (QED) is 0.197. The lowest BCUT2D eigenvalue weighted by molar-refractivity contribution is -0.383. The van der Waals surface area contributed by atoms with E-state index in [4.69, 9.17) is 39.5 Å². The molecule has 4 rings (SSSR count). The zero-order valence-corrected chi connectivity index (χ0v) is 20.1. The van der Waals surface area contributed by atoms with Crippen molar-refractivity contribution in [3.8, 4) is 11.5 Å². The molecule has 182 valence electrons. The van der Waals surface area contributed by atoms with Gasteiger partial charge in [-0.25, -0.2) is 9.18 Å². The molecule has 0 unspecified atom stereocenters. The van der Waals surface area contributed by atoms with Crippen LogP contribution >= 0.6 is 34.8 Å². The number of anilines is 1. The third-order valence-corrected chi connectivity index (χ3v) is 5.82. The molecule has 4 aromatic rings. The number of nitro benzene ring substituents is 1. The summed E-state index contributed by atoms with van der Waals surface area (Å²) < 4.78 is 19.8. The lowest BCUT2D eigenvalue weighted by atomic mass is 10.1. The van der Waals surface area contributed by atoms with E-state index in [1.165, 1.54) is 36.4 Å². The predicted molar refractivity (Wildman–Crippen MR) is 135 cm³/mol. The summed E-state index contributed by atoms with van der Waals surface area (Å²) in [5, 5.41) is 16.3. The molecule has 8 nitrogen and oxygen atoms in total. The third kappa shape index (κ3) is 5.18. The number of amides is 3. The van der Waals surface area contributed by atoms with Crippen molar-refractivity contribution in [2.24, 2.45) is 0 Å². The van der Waals surface area contributed by atoms with Gasteiger partial charge in [-0.1, -0.05) is 59.1 Å². The van der Waals surface area contributed by atoms with E-state index in [1.54, 1.807) is 24.3 Å². The molecule has 0 aliphatic carbocycles. The van der Waals surface area contributed by atoms with Gasteiger partial charge in [0.15, 0.2) is 5.75 Å². The van der Waals surface area contributed by atoms with Crippen LogP contribution < -0.4 is 15.4 Å². The summed E-state index contributed by atoms with van der Waals surface area (Å²) in [5.41, 5.74) is -0.466. The van der Waals surface area contributed by atoms with Crippen molar-refractivity contribution < 1.29 is 23.6 Å². The molecule has 0 spiro atoms. The molecule has 0 aliphatic heterocycles. The smallest absolute Gasteiger partial charge is 0.326 e. The number of carbonyl (C=O) groups is 2. The zero-order valence-electron chi connectivity index (χ0n) is 17.9. The molecule has 0 saturated heterocycles. The molecular formula is C24H13Cl3FN3O5. The van der Waals surface area contributed by atoms with E-state index in [-0.39, 0.29) is 37.9 Å². The number of nitrogens with zero attached hydrogens (tertiary/aromatic N) is 1. The Labute approximate surface area is 217 Å². The van der Waals surface area contributed by atoms with E-state index in [0.717, 1.165) is 6.07 Å². The number of carbonyl (C=O) groups excluding carboxylic acids is 2. The molecule has 0 saturated carbocycles. The largest absolute Gasteiger partial charge is 0.454 e. The van der Waals surface area contributed by atoms with Crippen LogP contribution in [0.25, 0.3) is 10.8 Å². The number of rotatable bonds is 5. The Hall–Kier alpha value is -3.92. The highest BCUT2D eigenvalue weighted by Gasteiger charge is 2.20. The van der Waals surface area contributed by atoms with Crippen LogP contribution in [0.1, 0.15) is 10.4 Å². The van der Waals surface area contributed by atoms with E-state index in [0.29, 0.717) is 10.8 Å². The number of hydrogen-bond donors (Lipinski definition) is 2. The number of fused-ring (bicyclic) bond motifs is 1. The van der Waals surface area contributed by atoms with Gasteiger partial charge in [0.25, 0.3) is 11.6 Å². The summed E-state index contributed by atoms with van der Waals surface area (Å²) in [7, 11) is 0. The van der Waals surface area contributed by atoms with E-state index >= 15 is 0 Å². The average molecular weight is 549 g/mol. The van der Waals surface area contributed by atoms with Crippen LogP contribution in [0.5, 0.6) is 11.5 Å². The van der Waals surface area contributed by atoms with Gasteiger partial charge in [0, 0.05) is 17.1 Å². The van der Waals surface area contributed by atoms with Gasteiger partial charge in [-0.3, -0.25) is 20.2 Å². The van der Waals surface area contributed by atoms with Crippen LogP contribution in [0, 0.1) is 15.9 Å². The highest BCUT2D eigenvalue weighted by atomic mass is 35.5. The Morgan fingerprint density at radius 2 is 1.56 bits per heavy atom. The van der Waals surface area contributed by atoms with Crippen LogP contribution in [-0.2, 0) is 0 Å². The Morgan fingerprint density at radius 1 is 0.889 bits per heavy atom. The minimum atomic E-state index is -1.04. The number of benzene rings is 4. The maximum atomic E-state index is 13.9. The summed E-state index contributed by atoms with van der Waals surface area (Å²) in [5.74, 6) is -1.62. The minimum Gasteiger partial charge on any atom is -0.454 e. The molecule has 2 N–H and O–H groups in total. The molecule has 4 aromatic carbocycles. The SMILES string of the molecule is O=C(NC(=O)c1c(F)cccc1Cl)Nc1cc(Cl)c(Oc2ccc([N+](=O)[O-])c3ccccc23)c(Cl)c1. The second-order valence-corrected chi connectivity index (χ2v) is 8.48. The fourth-order valence-corrected chi connectivity index (χ4v) is 4.20. The Bertz CT molecular complexity index is 1500. The number of nitrogens with one attached hydrogen (secondary N) is 2. The topological polar surface area (TPSA) is 111 Å². The second kappa shape index (κ2) is 10.4. The Morgan fingerprint density at radius 3 is 2.19 bits per heavy atom. The summed E-state index contributed by atoms with van der Waals surface area (Å²) in [6.45, 7) is 0. The summed E-state index contributed by atoms with van der Waals surface area (Å²) >= 11 is 18.5. The van der Waals surface area contributed by atoms with Gasteiger partial charge in [-0.15, -0.1) is 0 Å². The fourth-order valence-electron chi connectivity index (χ4n) is 3.39. The van der Waals surface area contributed by atoms with Crippen molar-refractivity contribution in [2.45, 2.75) is 0 Å². The summed E-state index contributed by atoms with van der Waals surface area (Å²) in [6, 6.07) is 14.6. The number of urea groups is 1. The van der Waals surface area contributed by atoms with Crippen molar-refractivity contribution in [3.63, 3.8) is 0 Å². The molecular weight excluding hydrogens is 536 g/mol.